The quantitative estimate of drug-likeness (QED) is 0.841. The highest BCUT2D eigenvalue weighted by Gasteiger charge is 2.46. The molecule has 0 atom stereocenters. The van der Waals surface area contributed by atoms with Crippen LogP contribution in [0.1, 0.15) is 38.2 Å². The Morgan fingerprint density at radius 3 is 2.32 bits per heavy atom. The van der Waals surface area contributed by atoms with Crippen LogP contribution in [-0.4, -0.2) is 35.5 Å². The molecule has 1 N–H and O–H groups in total. The third kappa shape index (κ3) is 3.40. The van der Waals surface area contributed by atoms with Crippen molar-refractivity contribution in [1.29, 1.82) is 0 Å². The zero-order chi connectivity index (χ0) is 16.2. The van der Waals surface area contributed by atoms with Gasteiger partial charge in [0, 0.05) is 19.5 Å². The highest BCUT2D eigenvalue weighted by atomic mass is 16.5. The van der Waals surface area contributed by atoms with Gasteiger partial charge in [0.05, 0.1) is 12.5 Å². The molecule has 0 aliphatic heterocycles. The van der Waals surface area contributed by atoms with E-state index in [4.69, 9.17) is 4.74 Å². The topological polar surface area (TPSA) is 66.8 Å². The van der Waals surface area contributed by atoms with Crippen molar-refractivity contribution in [3.8, 4) is 5.75 Å². The van der Waals surface area contributed by atoms with Crippen LogP contribution >= 0.6 is 0 Å². The molecule has 1 aliphatic rings. The molecule has 1 aliphatic carbocycles. The van der Waals surface area contributed by atoms with E-state index in [0.29, 0.717) is 25.9 Å². The number of carboxylic acids is 1. The summed E-state index contributed by atoms with van der Waals surface area (Å²) in [6, 6.07) is 7.56. The van der Waals surface area contributed by atoms with Crippen molar-refractivity contribution in [2.45, 2.75) is 39.2 Å². The Morgan fingerprint density at radius 2 is 1.91 bits per heavy atom. The first-order valence-electron chi connectivity index (χ1n) is 7.65. The molecule has 2 rings (SSSR count). The predicted molar refractivity (Wildman–Crippen MR) is 82.6 cm³/mol. The smallest absolute Gasteiger partial charge is 0.310 e. The summed E-state index contributed by atoms with van der Waals surface area (Å²) in [6.45, 7) is 2.98. The number of methoxy groups -OCH3 is 1. The van der Waals surface area contributed by atoms with Gasteiger partial charge in [0.15, 0.2) is 0 Å². The minimum atomic E-state index is -0.840. The molecule has 0 saturated heterocycles. The van der Waals surface area contributed by atoms with Crippen LogP contribution < -0.4 is 4.74 Å². The molecule has 0 radical (unpaired) electrons. The molecule has 0 unspecified atom stereocenters. The number of carbonyl (C=O) groups excluding carboxylic acids is 1. The van der Waals surface area contributed by atoms with E-state index in [1.807, 2.05) is 31.2 Å². The van der Waals surface area contributed by atoms with Gasteiger partial charge >= 0.3 is 5.97 Å². The maximum atomic E-state index is 12.5. The molecular weight excluding hydrogens is 282 g/mol. The minimum Gasteiger partial charge on any atom is -0.497 e. The van der Waals surface area contributed by atoms with Crippen LogP contribution in [0.5, 0.6) is 5.75 Å². The van der Waals surface area contributed by atoms with E-state index in [2.05, 4.69) is 0 Å². The van der Waals surface area contributed by atoms with E-state index in [0.717, 1.165) is 17.7 Å². The van der Waals surface area contributed by atoms with Crippen molar-refractivity contribution in [1.82, 2.24) is 4.90 Å². The van der Waals surface area contributed by atoms with Crippen molar-refractivity contribution in [2.75, 3.05) is 13.7 Å². The number of amides is 1. The second kappa shape index (κ2) is 6.81. The lowest BCUT2D eigenvalue weighted by Gasteiger charge is -2.38. The molecular formula is C17H23NO4. The summed E-state index contributed by atoms with van der Waals surface area (Å²) >= 11 is 0. The van der Waals surface area contributed by atoms with Gasteiger partial charge in [0.1, 0.15) is 5.75 Å². The molecule has 5 heteroatoms. The number of carbonyl (C=O) groups is 2. The van der Waals surface area contributed by atoms with E-state index >= 15 is 0 Å². The monoisotopic (exact) mass is 305 g/mol. The van der Waals surface area contributed by atoms with Gasteiger partial charge in [-0.25, -0.2) is 0 Å². The Kier molecular flexibility index (Phi) is 5.06. The third-order valence-electron chi connectivity index (χ3n) is 4.52. The number of hydrogen-bond acceptors (Lipinski definition) is 3. The number of ether oxygens (including phenoxy) is 1. The Bertz CT molecular complexity index is 534. The lowest BCUT2D eigenvalue weighted by Crippen LogP contribution is -2.43. The van der Waals surface area contributed by atoms with Gasteiger partial charge in [-0.2, -0.15) is 0 Å². The van der Waals surface area contributed by atoms with Crippen LogP contribution in [0.2, 0.25) is 0 Å². The SMILES string of the molecule is CCN(Cc1ccc(OC)cc1)C(=O)CC1(C(=O)O)CCC1. The van der Waals surface area contributed by atoms with Crippen molar-refractivity contribution >= 4 is 11.9 Å². The number of carboxylic acid groups (broad SMARTS) is 1. The molecule has 5 nitrogen and oxygen atoms in total. The first kappa shape index (κ1) is 16.3. The van der Waals surface area contributed by atoms with Gasteiger partial charge in [-0.05, 0) is 37.5 Å². The van der Waals surface area contributed by atoms with Crippen LogP contribution in [-0.2, 0) is 16.1 Å². The standard InChI is InChI=1S/C17H23NO4/c1-3-18(12-13-5-7-14(22-2)8-6-13)15(19)11-17(16(20)21)9-4-10-17/h5-8H,3-4,9-12H2,1-2H3,(H,20,21). The third-order valence-corrected chi connectivity index (χ3v) is 4.52. The molecule has 1 amide bonds. The van der Waals surface area contributed by atoms with E-state index < -0.39 is 11.4 Å². The van der Waals surface area contributed by atoms with Crippen molar-refractivity contribution in [2.24, 2.45) is 5.41 Å². The molecule has 1 fully saturated rings. The zero-order valence-corrected chi connectivity index (χ0v) is 13.2. The molecule has 0 aromatic heterocycles. The number of nitrogens with zero attached hydrogens (tertiary/aromatic N) is 1. The summed E-state index contributed by atoms with van der Waals surface area (Å²) in [5.74, 6) is -0.148. The van der Waals surface area contributed by atoms with Crippen molar-refractivity contribution in [3.05, 3.63) is 29.8 Å². The van der Waals surface area contributed by atoms with Crippen LogP contribution in [0.3, 0.4) is 0 Å². The zero-order valence-electron chi connectivity index (χ0n) is 13.2. The Morgan fingerprint density at radius 1 is 1.27 bits per heavy atom. The molecule has 0 spiro atoms. The first-order chi connectivity index (χ1) is 10.5. The summed E-state index contributed by atoms with van der Waals surface area (Å²) in [4.78, 5) is 25.6. The molecule has 0 bridgehead atoms. The number of rotatable bonds is 7. The molecule has 0 heterocycles. The van der Waals surface area contributed by atoms with Crippen LogP contribution in [0.4, 0.5) is 0 Å². The second-order valence-corrected chi connectivity index (χ2v) is 5.87. The van der Waals surface area contributed by atoms with Gasteiger partial charge in [0.25, 0.3) is 0 Å². The summed E-state index contributed by atoms with van der Waals surface area (Å²) < 4.78 is 5.12. The maximum Gasteiger partial charge on any atom is 0.310 e. The summed E-state index contributed by atoms with van der Waals surface area (Å²) in [5.41, 5.74) is 0.179. The minimum absolute atomic E-state index is 0.0829. The molecule has 120 valence electrons. The fourth-order valence-electron chi connectivity index (χ4n) is 2.80. The second-order valence-electron chi connectivity index (χ2n) is 5.87. The van der Waals surface area contributed by atoms with E-state index in [1.165, 1.54) is 0 Å². The summed E-state index contributed by atoms with van der Waals surface area (Å²) in [6.07, 6.45) is 2.21. The largest absolute Gasteiger partial charge is 0.497 e. The molecule has 1 aromatic rings. The maximum absolute atomic E-state index is 12.5. The predicted octanol–water partition coefficient (Wildman–Crippen LogP) is 2.69. The number of benzene rings is 1. The van der Waals surface area contributed by atoms with Crippen LogP contribution in [0.25, 0.3) is 0 Å². The molecule has 1 aromatic carbocycles. The Balaban J connectivity index is 2.00. The van der Waals surface area contributed by atoms with Gasteiger partial charge in [-0.1, -0.05) is 18.6 Å². The average Bonchev–Trinajstić information content (AvgIpc) is 2.48. The highest BCUT2D eigenvalue weighted by Crippen LogP contribution is 2.44. The Hall–Kier alpha value is -2.04. The average molecular weight is 305 g/mol. The first-order valence-corrected chi connectivity index (χ1v) is 7.65. The Labute approximate surface area is 130 Å². The molecule has 1 saturated carbocycles. The van der Waals surface area contributed by atoms with Gasteiger partial charge in [0.2, 0.25) is 5.91 Å². The lowest BCUT2D eigenvalue weighted by molar-refractivity contribution is -0.159. The fraction of sp³-hybridized carbons (Fsp3) is 0.529. The summed E-state index contributed by atoms with van der Waals surface area (Å²) in [7, 11) is 1.61. The highest BCUT2D eigenvalue weighted by molar-refractivity contribution is 5.85. The van der Waals surface area contributed by atoms with Gasteiger partial charge in [-0.3, -0.25) is 9.59 Å². The van der Waals surface area contributed by atoms with Gasteiger partial charge < -0.3 is 14.7 Å². The van der Waals surface area contributed by atoms with Crippen LogP contribution in [0, 0.1) is 5.41 Å². The molecule has 22 heavy (non-hydrogen) atoms. The number of aliphatic carboxylic acids is 1. The van der Waals surface area contributed by atoms with E-state index in [-0.39, 0.29) is 12.3 Å². The number of hydrogen-bond donors (Lipinski definition) is 1. The van der Waals surface area contributed by atoms with E-state index in [1.54, 1.807) is 12.0 Å². The fourth-order valence-corrected chi connectivity index (χ4v) is 2.80. The van der Waals surface area contributed by atoms with Crippen molar-refractivity contribution < 1.29 is 19.4 Å². The van der Waals surface area contributed by atoms with E-state index in [9.17, 15) is 14.7 Å². The van der Waals surface area contributed by atoms with Crippen LogP contribution in [0.15, 0.2) is 24.3 Å². The normalized spacial score (nSPS) is 15.7. The lowest BCUT2D eigenvalue weighted by atomic mass is 9.66. The summed E-state index contributed by atoms with van der Waals surface area (Å²) in [5, 5.41) is 9.35. The van der Waals surface area contributed by atoms with Gasteiger partial charge in [-0.15, -0.1) is 0 Å². The van der Waals surface area contributed by atoms with Crippen molar-refractivity contribution in [3.63, 3.8) is 0 Å².